The third kappa shape index (κ3) is 4.51. The van der Waals surface area contributed by atoms with Gasteiger partial charge in [-0.2, -0.15) is 0 Å². The Hall–Kier alpha value is -0.580. The van der Waals surface area contributed by atoms with Crippen molar-refractivity contribution in [2.75, 3.05) is 5.32 Å². The van der Waals surface area contributed by atoms with Gasteiger partial charge < -0.3 is 10.4 Å². The summed E-state index contributed by atoms with van der Waals surface area (Å²) in [5.41, 5.74) is 0.642. The van der Waals surface area contributed by atoms with Gasteiger partial charge in [0.05, 0.1) is 11.8 Å². The summed E-state index contributed by atoms with van der Waals surface area (Å²) in [5.74, 6) is -0.135. The molecule has 0 saturated carbocycles. The quantitative estimate of drug-likeness (QED) is 0.897. The van der Waals surface area contributed by atoms with Crippen LogP contribution in [0.2, 0.25) is 5.02 Å². The molecule has 0 aliphatic carbocycles. The standard InChI is InChI=1S/C11H13BrClNO2/c1-7(15)2-5-11(16)14-10-6-8(13)3-4-9(10)12/h3-4,6-7,15H,2,5H2,1H3,(H,14,16). The van der Waals surface area contributed by atoms with Crippen molar-refractivity contribution in [1.29, 1.82) is 0 Å². The van der Waals surface area contributed by atoms with Crippen LogP contribution in [0, 0.1) is 0 Å². The molecule has 1 aromatic carbocycles. The predicted molar refractivity (Wildman–Crippen MR) is 68.7 cm³/mol. The van der Waals surface area contributed by atoms with Gasteiger partial charge in [0.25, 0.3) is 0 Å². The first kappa shape index (κ1) is 13.5. The smallest absolute Gasteiger partial charge is 0.224 e. The van der Waals surface area contributed by atoms with E-state index in [1.165, 1.54) is 0 Å². The molecule has 0 saturated heterocycles. The molecule has 0 heterocycles. The van der Waals surface area contributed by atoms with E-state index in [2.05, 4.69) is 21.2 Å². The Kier molecular flexibility index (Phi) is 5.25. The molecule has 0 fully saturated rings. The topological polar surface area (TPSA) is 49.3 Å². The van der Waals surface area contributed by atoms with Crippen molar-refractivity contribution in [3.8, 4) is 0 Å². The van der Waals surface area contributed by atoms with Gasteiger partial charge in [-0.3, -0.25) is 4.79 Å². The van der Waals surface area contributed by atoms with Gasteiger partial charge in [-0.15, -0.1) is 0 Å². The maximum absolute atomic E-state index is 11.5. The van der Waals surface area contributed by atoms with Crippen LogP contribution in [0.5, 0.6) is 0 Å². The summed E-state index contributed by atoms with van der Waals surface area (Å²) in [7, 11) is 0. The van der Waals surface area contributed by atoms with Gasteiger partial charge >= 0.3 is 0 Å². The van der Waals surface area contributed by atoms with Crippen molar-refractivity contribution in [2.45, 2.75) is 25.9 Å². The van der Waals surface area contributed by atoms with Crippen molar-refractivity contribution in [1.82, 2.24) is 0 Å². The van der Waals surface area contributed by atoms with Gasteiger partial charge in [-0.05, 0) is 47.5 Å². The molecule has 0 bridgehead atoms. The molecule has 0 radical (unpaired) electrons. The van der Waals surface area contributed by atoms with Crippen LogP contribution in [-0.2, 0) is 4.79 Å². The first-order chi connectivity index (χ1) is 7.49. The molecule has 3 nitrogen and oxygen atoms in total. The molecule has 16 heavy (non-hydrogen) atoms. The molecule has 1 amide bonds. The number of hydrogen-bond acceptors (Lipinski definition) is 2. The summed E-state index contributed by atoms with van der Waals surface area (Å²) in [4.78, 5) is 11.5. The van der Waals surface area contributed by atoms with Gasteiger partial charge in [0, 0.05) is 15.9 Å². The lowest BCUT2D eigenvalue weighted by Gasteiger charge is -2.08. The average Bonchev–Trinajstić information content (AvgIpc) is 2.20. The molecule has 1 aromatic rings. The Morgan fingerprint density at radius 2 is 2.31 bits per heavy atom. The Morgan fingerprint density at radius 3 is 2.94 bits per heavy atom. The summed E-state index contributed by atoms with van der Waals surface area (Å²) < 4.78 is 0.780. The average molecular weight is 307 g/mol. The van der Waals surface area contributed by atoms with Crippen LogP contribution in [0.15, 0.2) is 22.7 Å². The van der Waals surface area contributed by atoms with E-state index in [1.807, 2.05) is 0 Å². The number of amides is 1. The van der Waals surface area contributed by atoms with E-state index in [4.69, 9.17) is 16.7 Å². The molecule has 1 unspecified atom stereocenters. The molecule has 0 aromatic heterocycles. The summed E-state index contributed by atoms with van der Waals surface area (Å²) >= 11 is 9.13. The van der Waals surface area contributed by atoms with Crippen LogP contribution in [0.1, 0.15) is 19.8 Å². The second kappa shape index (κ2) is 6.23. The highest BCUT2D eigenvalue weighted by molar-refractivity contribution is 9.10. The number of carbonyl (C=O) groups excluding carboxylic acids is 1. The first-order valence-electron chi connectivity index (χ1n) is 4.92. The Balaban J connectivity index is 2.59. The highest BCUT2D eigenvalue weighted by atomic mass is 79.9. The molecule has 88 valence electrons. The summed E-state index contributed by atoms with van der Waals surface area (Å²) in [6.07, 6.45) is 0.272. The maximum Gasteiger partial charge on any atom is 0.224 e. The number of aliphatic hydroxyl groups is 1. The lowest BCUT2D eigenvalue weighted by molar-refractivity contribution is -0.116. The Labute approximate surface area is 108 Å². The largest absolute Gasteiger partial charge is 0.393 e. The molecule has 0 aliphatic rings. The minimum Gasteiger partial charge on any atom is -0.393 e. The van der Waals surface area contributed by atoms with E-state index in [0.29, 0.717) is 17.1 Å². The van der Waals surface area contributed by atoms with Crippen LogP contribution >= 0.6 is 27.5 Å². The number of benzene rings is 1. The van der Waals surface area contributed by atoms with Gasteiger partial charge in [0.15, 0.2) is 0 Å². The molecule has 1 atom stereocenters. The number of carbonyl (C=O) groups is 1. The van der Waals surface area contributed by atoms with E-state index in [-0.39, 0.29) is 12.3 Å². The zero-order valence-electron chi connectivity index (χ0n) is 8.84. The molecule has 5 heteroatoms. The van der Waals surface area contributed by atoms with Crippen molar-refractivity contribution < 1.29 is 9.90 Å². The number of aliphatic hydroxyl groups excluding tert-OH is 1. The van der Waals surface area contributed by atoms with E-state index in [0.717, 1.165) is 4.47 Å². The highest BCUT2D eigenvalue weighted by Crippen LogP contribution is 2.26. The summed E-state index contributed by atoms with van der Waals surface area (Å²) in [5, 5.41) is 12.3. The SMILES string of the molecule is CC(O)CCC(=O)Nc1cc(Cl)ccc1Br. The third-order valence-electron chi connectivity index (χ3n) is 1.99. The third-order valence-corrected chi connectivity index (χ3v) is 2.92. The zero-order chi connectivity index (χ0) is 12.1. The molecule has 2 N–H and O–H groups in total. The fourth-order valence-electron chi connectivity index (χ4n) is 1.15. The van der Waals surface area contributed by atoms with Crippen LogP contribution in [0.3, 0.4) is 0 Å². The highest BCUT2D eigenvalue weighted by Gasteiger charge is 2.07. The predicted octanol–water partition coefficient (Wildman–Crippen LogP) is 3.20. The fraction of sp³-hybridized carbons (Fsp3) is 0.364. The lowest BCUT2D eigenvalue weighted by Crippen LogP contribution is -2.14. The molecular formula is C11H13BrClNO2. The molecular weight excluding hydrogens is 293 g/mol. The van der Waals surface area contributed by atoms with E-state index in [1.54, 1.807) is 25.1 Å². The summed E-state index contributed by atoms with van der Waals surface area (Å²) in [6, 6.07) is 5.18. The minimum atomic E-state index is -0.464. The summed E-state index contributed by atoms with van der Waals surface area (Å²) in [6.45, 7) is 1.66. The molecule has 0 spiro atoms. The number of hydrogen-bond donors (Lipinski definition) is 2. The van der Waals surface area contributed by atoms with Crippen molar-refractivity contribution >= 4 is 39.1 Å². The van der Waals surface area contributed by atoms with E-state index in [9.17, 15) is 4.79 Å². The van der Waals surface area contributed by atoms with Gasteiger partial charge in [-0.25, -0.2) is 0 Å². The minimum absolute atomic E-state index is 0.135. The maximum atomic E-state index is 11.5. The number of rotatable bonds is 4. The van der Waals surface area contributed by atoms with Crippen LogP contribution < -0.4 is 5.32 Å². The van der Waals surface area contributed by atoms with Gasteiger partial charge in [-0.1, -0.05) is 11.6 Å². The number of nitrogens with one attached hydrogen (secondary N) is 1. The number of anilines is 1. The van der Waals surface area contributed by atoms with Crippen molar-refractivity contribution in [3.63, 3.8) is 0 Å². The van der Waals surface area contributed by atoms with Crippen LogP contribution in [-0.4, -0.2) is 17.1 Å². The zero-order valence-corrected chi connectivity index (χ0v) is 11.2. The molecule has 0 aliphatic heterocycles. The van der Waals surface area contributed by atoms with Crippen molar-refractivity contribution in [3.05, 3.63) is 27.7 Å². The number of halogens is 2. The van der Waals surface area contributed by atoms with Gasteiger partial charge in [0.2, 0.25) is 5.91 Å². The second-order valence-corrected chi connectivity index (χ2v) is 4.85. The molecule has 1 rings (SSSR count). The van der Waals surface area contributed by atoms with Crippen LogP contribution in [0.4, 0.5) is 5.69 Å². The second-order valence-electron chi connectivity index (χ2n) is 3.56. The van der Waals surface area contributed by atoms with E-state index < -0.39 is 6.10 Å². The Morgan fingerprint density at radius 1 is 1.62 bits per heavy atom. The normalized spacial score (nSPS) is 12.2. The fourth-order valence-corrected chi connectivity index (χ4v) is 1.66. The Bertz CT molecular complexity index is 382. The van der Waals surface area contributed by atoms with Crippen LogP contribution in [0.25, 0.3) is 0 Å². The van der Waals surface area contributed by atoms with Gasteiger partial charge in [0.1, 0.15) is 0 Å². The monoisotopic (exact) mass is 305 g/mol. The van der Waals surface area contributed by atoms with E-state index >= 15 is 0 Å². The lowest BCUT2D eigenvalue weighted by atomic mass is 10.2. The first-order valence-corrected chi connectivity index (χ1v) is 6.09. The van der Waals surface area contributed by atoms with Crippen molar-refractivity contribution in [2.24, 2.45) is 0 Å².